The topological polar surface area (TPSA) is 58.2 Å². The summed E-state index contributed by atoms with van der Waals surface area (Å²) in [6, 6.07) is 18.8. The molecule has 154 valence electrons. The highest BCUT2D eigenvalue weighted by Gasteiger charge is 2.16. The Morgan fingerprint density at radius 1 is 1.03 bits per heavy atom. The molecule has 4 nitrogen and oxygen atoms in total. The Morgan fingerprint density at radius 2 is 1.80 bits per heavy atom. The SMILES string of the molecule is Cc1ccccc1C(=O)N/C(=C\c1cccs1)C(=O)NCCCc1ccccc1Cl. The van der Waals surface area contributed by atoms with E-state index >= 15 is 0 Å². The van der Waals surface area contributed by atoms with Gasteiger partial charge >= 0.3 is 0 Å². The lowest BCUT2D eigenvalue weighted by molar-refractivity contribution is -0.117. The van der Waals surface area contributed by atoms with Crippen LogP contribution in [0.5, 0.6) is 0 Å². The lowest BCUT2D eigenvalue weighted by Crippen LogP contribution is -2.35. The Morgan fingerprint density at radius 3 is 2.53 bits per heavy atom. The fraction of sp³-hybridized carbons (Fsp3) is 0.167. The Labute approximate surface area is 185 Å². The molecule has 2 amide bonds. The maximum absolute atomic E-state index is 12.8. The molecule has 6 heteroatoms. The van der Waals surface area contributed by atoms with E-state index in [9.17, 15) is 9.59 Å². The van der Waals surface area contributed by atoms with Crippen LogP contribution in [0.15, 0.2) is 71.7 Å². The van der Waals surface area contributed by atoms with E-state index in [4.69, 9.17) is 11.6 Å². The third kappa shape index (κ3) is 6.05. The predicted octanol–water partition coefficient (Wildman–Crippen LogP) is 5.23. The zero-order chi connectivity index (χ0) is 21.3. The second kappa shape index (κ2) is 10.8. The maximum Gasteiger partial charge on any atom is 0.267 e. The number of nitrogens with one attached hydrogen (secondary N) is 2. The number of carbonyl (C=O) groups is 2. The van der Waals surface area contributed by atoms with Gasteiger partial charge in [0.15, 0.2) is 0 Å². The van der Waals surface area contributed by atoms with E-state index in [1.807, 2.05) is 60.8 Å². The summed E-state index contributed by atoms with van der Waals surface area (Å²) in [5.41, 5.74) is 2.67. The molecule has 2 aromatic carbocycles. The van der Waals surface area contributed by atoms with Crippen LogP contribution in [-0.2, 0) is 11.2 Å². The number of rotatable bonds is 8. The fourth-order valence-corrected chi connectivity index (χ4v) is 3.86. The molecule has 1 aromatic heterocycles. The lowest BCUT2D eigenvalue weighted by Gasteiger charge is -2.12. The molecule has 3 rings (SSSR count). The van der Waals surface area contributed by atoms with Crippen molar-refractivity contribution in [2.45, 2.75) is 19.8 Å². The van der Waals surface area contributed by atoms with Crippen molar-refractivity contribution in [3.63, 3.8) is 0 Å². The number of thiophene rings is 1. The summed E-state index contributed by atoms with van der Waals surface area (Å²) in [6.45, 7) is 2.35. The molecule has 0 unspecified atom stereocenters. The molecular weight excluding hydrogens is 416 g/mol. The molecule has 0 spiro atoms. The Hall–Kier alpha value is -2.89. The number of amides is 2. The van der Waals surface area contributed by atoms with Crippen molar-refractivity contribution in [2.75, 3.05) is 6.54 Å². The molecule has 0 radical (unpaired) electrons. The first-order valence-electron chi connectivity index (χ1n) is 9.68. The fourth-order valence-electron chi connectivity index (χ4n) is 2.97. The van der Waals surface area contributed by atoms with Crippen LogP contribution < -0.4 is 10.6 Å². The van der Waals surface area contributed by atoms with Crippen molar-refractivity contribution >= 4 is 40.8 Å². The molecule has 3 aromatic rings. The minimum Gasteiger partial charge on any atom is -0.351 e. The zero-order valence-electron chi connectivity index (χ0n) is 16.7. The molecule has 0 fully saturated rings. The molecule has 0 aliphatic carbocycles. The number of aryl methyl sites for hydroxylation is 2. The second-order valence-electron chi connectivity index (χ2n) is 6.79. The van der Waals surface area contributed by atoms with E-state index in [0.29, 0.717) is 12.1 Å². The van der Waals surface area contributed by atoms with Gasteiger partial charge in [-0.1, -0.05) is 54.1 Å². The molecule has 30 heavy (non-hydrogen) atoms. The second-order valence-corrected chi connectivity index (χ2v) is 8.18. The Kier molecular flexibility index (Phi) is 7.82. The zero-order valence-corrected chi connectivity index (χ0v) is 18.2. The summed E-state index contributed by atoms with van der Waals surface area (Å²) in [7, 11) is 0. The Bertz CT molecular complexity index is 1040. The molecular formula is C24H23ClN2O2S. The van der Waals surface area contributed by atoms with Crippen molar-refractivity contribution in [2.24, 2.45) is 0 Å². The van der Waals surface area contributed by atoms with Crippen LogP contribution >= 0.6 is 22.9 Å². The van der Waals surface area contributed by atoms with Crippen LogP contribution in [0, 0.1) is 6.92 Å². The summed E-state index contributed by atoms with van der Waals surface area (Å²) < 4.78 is 0. The van der Waals surface area contributed by atoms with Crippen molar-refractivity contribution in [3.8, 4) is 0 Å². The highest BCUT2D eigenvalue weighted by atomic mass is 35.5. The molecule has 0 atom stereocenters. The summed E-state index contributed by atoms with van der Waals surface area (Å²) in [5, 5.41) is 8.33. The molecule has 2 N–H and O–H groups in total. The third-order valence-corrected chi connectivity index (χ3v) is 5.77. The number of carbonyl (C=O) groups excluding carboxylic acids is 2. The van der Waals surface area contributed by atoms with Gasteiger partial charge in [0.25, 0.3) is 11.8 Å². The first-order chi connectivity index (χ1) is 14.5. The van der Waals surface area contributed by atoms with E-state index in [1.54, 1.807) is 18.2 Å². The molecule has 1 heterocycles. The highest BCUT2D eigenvalue weighted by molar-refractivity contribution is 7.10. The van der Waals surface area contributed by atoms with Crippen LogP contribution in [-0.4, -0.2) is 18.4 Å². The van der Waals surface area contributed by atoms with Gasteiger partial charge < -0.3 is 10.6 Å². The average molecular weight is 439 g/mol. The van der Waals surface area contributed by atoms with Crippen LogP contribution in [0.2, 0.25) is 5.02 Å². The van der Waals surface area contributed by atoms with Crippen LogP contribution in [0.3, 0.4) is 0 Å². The summed E-state index contributed by atoms with van der Waals surface area (Å²) >= 11 is 7.68. The van der Waals surface area contributed by atoms with E-state index < -0.39 is 0 Å². The lowest BCUT2D eigenvalue weighted by atomic mass is 10.1. The molecule has 0 aliphatic heterocycles. The number of hydrogen-bond donors (Lipinski definition) is 2. The van der Waals surface area contributed by atoms with Crippen molar-refractivity contribution in [1.29, 1.82) is 0 Å². The maximum atomic E-state index is 12.8. The molecule has 0 saturated heterocycles. The van der Waals surface area contributed by atoms with Gasteiger partial charge in [0.1, 0.15) is 5.70 Å². The van der Waals surface area contributed by atoms with Crippen LogP contribution in [0.4, 0.5) is 0 Å². The molecule has 0 saturated carbocycles. The van der Waals surface area contributed by atoms with Gasteiger partial charge in [-0.15, -0.1) is 11.3 Å². The minimum absolute atomic E-state index is 0.225. The van der Waals surface area contributed by atoms with Crippen molar-refractivity contribution < 1.29 is 9.59 Å². The van der Waals surface area contributed by atoms with E-state index in [2.05, 4.69) is 10.6 Å². The van der Waals surface area contributed by atoms with Gasteiger partial charge in [-0.3, -0.25) is 9.59 Å². The van der Waals surface area contributed by atoms with Crippen LogP contribution in [0.25, 0.3) is 6.08 Å². The number of hydrogen-bond acceptors (Lipinski definition) is 3. The van der Waals surface area contributed by atoms with Gasteiger partial charge in [-0.2, -0.15) is 0 Å². The minimum atomic E-state index is -0.315. The standard InChI is InChI=1S/C24H23ClN2O2S/c1-17-8-2-4-12-20(17)23(28)27-22(16-19-11-7-15-30-19)24(29)26-14-6-10-18-9-3-5-13-21(18)25/h2-5,7-9,11-13,15-16H,6,10,14H2,1H3,(H,26,29)(H,27,28)/b22-16-. The highest BCUT2D eigenvalue weighted by Crippen LogP contribution is 2.17. The monoisotopic (exact) mass is 438 g/mol. The number of benzene rings is 2. The Balaban J connectivity index is 1.65. The molecule has 0 aliphatic rings. The first-order valence-corrected chi connectivity index (χ1v) is 10.9. The summed E-state index contributed by atoms with van der Waals surface area (Å²) in [4.78, 5) is 26.4. The van der Waals surface area contributed by atoms with Crippen molar-refractivity contribution in [3.05, 3.63) is 98.3 Å². The van der Waals surface area contributed by atoms with E-state index in [0.717, 1.165) is 33.9 Å². The van der Waals surface area contributed by atoms with Gasteiger partial charge in [0.2, 0.25) is 0 Å². The predicted molar refractivity (Wildman–Crippen MR) is 124 cm³/mol. The quantitative estimate of drug-likeness (QED) is 0.373. The average Bonchev–Trinajstić information content (AvgIpc) is 3.25. The normalized spacial score (nSPS) is 11.2. The first kappa shape index (κ1) is 21.8. The molecule has 0 bridgehead atoms. The smallest absolute Gasteiger partial charge is 0.267 e. The van der Waals surface area contributed by atoms with Crippen molar-refractivity contribution in [1.82, 2.24) is 10.6 Å². The largest absolute Gasteiger partial charge is 0.351 e. The van der Waals surface area contributed by atoms with Gasteiger partial charge in [-0.05, 0) is 60.5 Å². The third-order valence-electron chi connectivity index (χ3n) is 4.58. The summed E-state index contributed by atoms with van der Waals surface area (Å²) in [6.07, 6.45) is 3.21. The van der Waals surface area contributed by atoms with Crippen LogP contribution in [0.1, 0.15) is 32.8 Å². The van der Waals surface area contributed by atoms with Gasteiger partial charge in [0, 0.05) is 22.0 Å². The van der Waals surface area contributed by atoms with Gasteiger partial charge in [0.05, 0.1) is 0 Å². The van der Waals surface area contributed by atoms with E-state index in [1.165, 1.54) is 11.3 Å². The van der Waals surface area contributed by atoms with E-state index in [-0.39, 0.29) is 17.5 Å². The summed E-state index contributed by atoms with van der Waals surface area (Å²) in [5.74, 6) is -0.619. The van der Waals surface area contributed by atoms with Gasteiger partial charge in [-0.25, -0.2) is 0 Å². The number of halogens is 1.